The van der Waals surface area contributed by atoms with Crippen molar-refractivity contribution in [3.8, 4) is 0 Å². The van der Waals surface area contributed by atoms with Crippen molar-refractivity contribution < 1.29 is 5.11 Å². The van der Waals surface area contributed by atoms with E-state index in [4.69, 9.17) is 0 Å². The molecule has 1 unspecified atom stereocenters. The lowest BCUT2D eigenvalue weighted by Gasteiger charge is -2.40. The van der Waals surface area contributed by atoms with Crippen LogP contribution in [-0.2, 0) is 0 Å². The number of nitrogens with one attached hydrogen (secondary N) is 1. The SMILES string of the molecule is CSC1(CNCC(O)c2ccc3ccccc3c2)CCC1. The zero-order valence-electron chi connectivity index (χ0n) is 12.5. The largest absolute Gasteiger partial charge is 0.387 e. The first-order valence-electron chi connectivity index (χ1n) is 7.65. The normalized spacial score (nSPS) is 18.4. The second-order valence-corrected chi connectivity index (χ2v) is 7.27. The van der Waals surface area contributed by atoms with Gasteiger partial charge in [-0.05, 0) is 41.5 Å². The maximum atomic E-state index is 10.4. The minimum atomic E-state index is -0.436. The summed E-state index contributed by atoms with van der Waals surface area (Å²) in [6.45, 7) is 1.62. The van der Waals surface area contributed by atoms with Gasteiger partial charge in [-0.3, -0.25) is 0 Å². The van der Waals surface area contributed by atoms with E-state index in [9.17, 15) is 5.11 Å². The average molecular weight is 301 g/mol. The van der Waals surface area contributed by atoms with E-state index >= 15 is 0 Å². The maximum Gasteiger partial charge on any atom is 0.0914 e. The van der Waals surface area contributed by atoms with Gasteiger partial charge in [0.05, 0.1) is 6.10 Å². The lowest BCUT2D eigenvalue weighted by atomic mass is 9.84. The molecule has 3 rings (SSSR count). The van der Waals surface area contributed by atoms with Crippen LogP contribution in [0.15, 0.2) is 42.5 Å². The number of aliphatic hydroxyl groups is 1. The first kappa shape index (κ1) is 14.9. The lowest BCUT2D eigenvalue weighted by molar-refractivity contribution is 0.171. The summed E-state index contributed by atoms with van der Waals surface area (Å²) in [5.41, 5.74) is 0.994. The van der Waals surface area contributed by atoms with E-state index in [1.807, 2.05) is 30.0 Å². The molecule has 21 heavy (non-hydrogen) atoms. The molecule has 0 bridgehead atoms. The molecule has 2 aromatic rings. The van der Waals surface area contributed by atoms with Gasteiger partial charge in [0, 0.05) is 17.8 Å². The van der Waals surface area contributed by atoms with E-state index < -0.39 is 6.10 Å². The lowest BCUT2D eigenvalue weighted by Crippen LogP contribution is -2.44. The molecule has 2 N–H and O–H groups in total. The molecular formula is C18H23NOS. The molecule has 0 amide bonds. The second-order valence-electron chi connectivity index (χ2n) is 5.99. The monoisotopic (exact) mass is 301 g/mol. The van der Waals surface area contributed by atoms with Crippen molar-refractivity contribution in [3.63, 3.8) is 0 Å². The zero-order valence-corrected chi connectivity index (χ0v) is 13.3. The molecule has 2 aromatic carbocycles. The van der Waals surface area contributed by atoms with Gasteiger partial charge < -0.3 is 10.4 Å². The molecule has 3 heteroatoms. The molecule has 1 aliphatic carbocycles. The predicted octanol–water partition coefficient (Wildman–Crippen LogP) is 3.75. The van der Waals surface area contributed by atoms with E-state index in [1.165, 1.54) is 30.0 Å². The van der Waals surface area contributed by atoms with Crippen LogP contribution in [-0.4, -0.2) is 29.2 Å². The molecule has 0 spiro atoms. The number of hydrogen-bond acceptors (Lipinski definition) is 3. The number of aliphatic hydroxyl groups excluding tert-OH is 1. The Morgan fingerprint density at radius 1 is 1.19 bits per heavy atom. The Balaban J connectivity index is 1.60. The first-order valence-corrected chi connectivity index (χ1v) is 8.88. The van der Waals surface area contributed by atoms with Gasteiger partial charge >= 0.3 is 0 Å². The summed E-state index contributed by atoms with van der Waals surface area (Å²) in [5.74, 6) is 0. The van der Waals surface area contributed by atoms with Gasteiger partial charge in [-0.15, -0.1) is 0 Å². The third-order valence-electron chi connectivity index (χ3n) is 4.64. The molecule has 1 atom stereocenters. The summed E-state index contributed by atoms with van der Waals surface area (Å²) in [4.78, 5) is 0. The van der Waals surface area contributed by atoms with Gasteiger partial charge in [0.25, 0.3) is 0 Å². The highest BCUT2D eigenvalue weighted by atomic mass is 32.2. The fourth-order valence-corrected chi connectivity index (χ4v) is 3.94. The van der Waals surface area contributed by atoms with E-state index in [1.54, 1.807) is 0 Å². The number of hydrogen-bond donors (Lipinski definition) is 2. The van der Waals surface area contributed by atoms with Crippen LogP contribution in [0.4, 0.5) is 0 Å². The molecule has 1 fully saturated rings. The van der Waals surface area contributed by atoms with Crippen LogP contribution < -0.4 is 5.32 Å². The van der Waals surface area contributed by atoms with E-state index in [2.05, 4.69) is 35.8 Å². The smallest absolute Gasteiger partial charge is 0.0914 e. The Morgan fingerprint density at radius 2 is 1.95 bits per heavy atom. The van der Waals surface area contributed by atoms with Crippen LogP contribution in [0, 0.1) is 0 Å². The first-order chi connectivity index (χ1) is 10.2. The minimum absolute atomic E-state index is 0.420. The van der Waals surface area contributed by atoms with Gasteiger partial charge in [0.15, 0.2) is 0 Å². The van der Waals surface area contributed by atoms with Gasteiger partial charge in [0.1, 0.15) is 0 Å². The summed E-state index contributed by atoms with van der Waals surface area (Å²) < 4.78 is 0.420. The highest BCUT2D eigenvalue weighted by Gasteiger charge is 2.35. The molecule has 0 aliphatic heterocycles. The van der Waals surface area contributed by atoms with Crippen LogP contribution >= 0.6 is 11.8 Å². The second kappa shape index (κ2) is 6.39. The van der Waals surface area contributed by atoms with Crippen molar-refractivity contribution in [1.82, 2.24) is 5.32 Å². The van der Waals surface area contributed by atoms with Crippen molar-refractivity contribution in [1.29, 1.82) is 0 Å². The van der Waals surface area contributed by atoms with Crippen molar-refractivity contribution in [2.75, 3.05) is 19.3 Å². The molecule has 0 radical (unpaired) electrons. The van der Waals surface area contributed by atoms with E-state index in [0.29, 0.717) is 11.3 Å². The quantitative estimate of drug-likeness (QED) is 0.852. The summed E-state index contributed by atoms with van der Waals surface area (Å²) in [5, 5.41) is 16.2. The highest BCUT2D eigenvalue weighted by Crippen LogP contribution is 2.42. The number of thioether (sulfide) groups is 1. The molecule has 1 saturated carbocycles. The standard InChI is InChI=1S/C18H23NOS/c1-21-18(9-4-10-18)13-19-12-17(20)16-8-7-14-5-2-3-6-15(14)11-16/h2-3,5-8,11,17,19-20H,4,9-10,12-13H2,1H3. The van der Waals surface area contributed by atoms with E-state index in [0.717, 1.165) is 12.1 Å². The minimum Gasteiger partial charge on any atom is -0.387 e. The third kappa shape index (κ3) is 3.25. The Hall–Kier alpha value is -1.03. The van der Waals surface area contributed by atoms with E-state index in [-0.39, 0.29) is 0 Å². The molecule has 1 aliphatic rings. The van der Waals surface area contributed by atoms with Crippen molar-refractivity contribution >= 4 is 22.5 Å². The number of rotatable bonds is 6. The fourth-order valence-electron chi connectivity index (χ4n) is 2.99. The fraction of sp³-hybridized carbons (Fsp3) is 0.444. The number of fused-ring (bicyclic) bond motifs is 1. The summed E-state index contributed by atoms with van der Waals surface area (Å²) >= 11 is 1.96. The van der Waals surface area contributed by atoms with Crippen LogP contribution in [0.3, 0.4) is 0 Å². The number of benzene rings is 2. The summed E-state index contributed by atoms with van der Waals surface area (Å²) in [6.07, 6.45) is 5.70. The zero-order chi connectivity index (χ0) is 14.7. The maximum absolute atomic E-state index is 10.4. The Labute approximate surface area is 130 Å². The van der Waals surface area contributed by atoms with Crippen molar-refractivity contribution in [2.45, 2.75) is 30.1 Å². The Morgan fingerprint density at radius 3 is 2.62 bits per heavy atom. The van der Waals surface area contributed by atoms with Gasteiger partial charge in [0.2, 0.25) is 0 Å². The topological polar surface area (TPSA) is 32.3 Å². The Kier molecular flexibility index (Phi) is 4.53. The third-order valence-corrected chi connectivity index (χ3v) is 6.06. The average Bonchev–Trinajstić information content (AvgIpc) is 2.49. The van der Waals surface area contributed by atoms with Crippen LogP contribution in [0.1, 0.15) is 30.9 Å². The highest BCUT2D eigenvalue weighted by molar-refractivity contribution is 8.00. The summed E-state index contributed by atoms with van der Waals surface area (Å²) in [7, 11) is 0. The molecular weight excluding hydrogens is 278 g/mol. The van der Waals surface area contributed by atoms with Crippen molar-refractivity contribution in [2.24, 2.45) is 0 Å². The molecule has 112 valence electrons. The van der Waals surface area contributed by atoms with Crippen LogP contribution in [0.25, 0.3) is 10.8 Å². The summed E-state index contributed by atoms with van der Waals surface area (Å²) in [6, 6.07) is 14.5. The van der Waals surface area contributed by atoms with Crippen LogP contribution in [0.2, 0.25) is 0 Å². The van der Waals surface area contributed by atoms with Gasteiger partial charge in [-0.2, -0.15) is 11.8 Å². The molecule has 2 nitrogen and oxygen atoms in total. The molecule has 0 heterocycles. The van der Waals surface area contributed by atoms with Gasteiger partial charge in [-0.25, -0.2) is 0 Å². The van der Waals surface area contributed by atoms with Gasteiger partial charge in [-0.1, -0.05) is 42.8 Å². The predicted molar refractivity (Wildman–Crippen MR) is 91.9 cm³/mol. The molecule has 0 saturated heterocycles. The van der Waals surface area contributed by atoms with Crippen LogP contribution in [0.5, 0.6) is 0 Å². The van der Waals surface area contributed by atoms with Crippen molar-refractivity contribution in [3.05, 3.63) is 48.0 Å². The Bertz CT molecular complexity index is 603. The molecule has 0 aromatic heterocycles.